The van der Waals surface area contributed by atoms with Gasteiger partial charge in [-0.05, 0) is 12.2 Å². The fraction of sp³-hybridized carbons (Fsp3) is 0.333. The maximum absolute atomic E-state index is 4.73. The Morgan fingerprint density at radius 1 is 2.00 bits per heavy atom. The van der Waals surface area contributed by atoms with E-state index in [9.17, 15) is 0 Å². The minimum Gasteiger partial charge on any atom is -0.177 e. The van der Waals surface area contributed by atoms with Gasteiger partial charge in [-0.2, -0.15) is 10.2 Å². The van der Waals surface area contributed by atoms with Gasteiger partial charge in [-0.1, -0.05) is 4.80 Å². The molecule has 0 saturated heterocycles. The number of aromatic nitrogens is 3. The lowest BCUT2D eigenvalue weighted by Crippen LogP contribution is -2.13. The standard InChI is InChI=1S/C3H5N3S/c1-6-4-2-3(7)5-6/h2H,1H3,(H,5,7)/p+1. The van der Waals surface area contributed by atoms with E-state index in [2.05, 4.69) is 10.2 Å². The van der Waals surface area contributed by atoms with Crippen LogP contribution in [0.1, 0.15) is 0 Å². The second-order valence-corrected chi connectivity index (χ2v) is 1.75. The Morgan fingerprint density at radius 2 is 2.71 bits per heavy atom. The molecule has 0 aromatic carbocycles. The van der Waals surface area contributed by atoms with Gasteiger partial charge < -0.3 is 0 Å². The molecule has 0 aliphatic carbocycles. The highest BCUT2D eigenvalue weighted by molar-refractivity contribution is 7.71. The van der Waals surface area contributed by atoms with Crippen LogP contribution in [-0.4, -0.2) is 9.90 Å². The number of H-pyrrole nitrogens is 2. The third-order valence-electron chi connectivity index (χ3n) is 0.667. The van der Waals surface area contributed by atoms with E-state index in [0.717, 1.165) is 4.64 Å². The van der Waals surface area contributed by atoms with Gasteiger partial charge in [0.1, 0.15) is 0 Å². The van der Waals surface area contributed by atoms with Crippen LogP contribution in [-0.2, 0) is 7.05 Å². The molecule has 2 N–H and O–H groups in total. The number of hydrogen-bond acceptors (Lipinski definition) is 1. The van der Waals surface area contributed by atoms with Crippen LogP contribution in [0.4, 0.5) is 0 Å². The second-order valence-electron chi connectivity index (χ2n) is 1.31. The molecule has 0 fully saturated rings. The molecular formula is C3H6N3S+. The molecule has 1 aromatic heterocycles. The molecule has 0 unspecified atom stereocenters. The Morgan fingerprint density at radius 3 is 2.86 bits per heavy atom. The normalized spacial score (nSPS) is 9.29. The first-order valence-corrected chi connectivity index (χ1v) is 2.33. The van der Waals surface area contributed by atoms with Crippen molar-refractivity contribution in [2.45, 2.75) is 0 Å². The molecule has 7 heavy (non-hydrogen) atoms. The van der Waals surface area contributed by atoms with Crippen LogP contribution in [0.25, 0.3) is 0 Å². The summed E-state index contributed by atoms with van der Waals surface area (Å²) in [6.45, 7) is 0. The smallest absolute Gasteiger partial charge is 0.177 e. The van der Waals surface area contributed by atoms with Crippen LogP contribution in [0.3, 0.4) is 0 Å². The van der Waals surface area contributed by atoms with Gasteiger partial charge >= 0.3 is 0 Å². The number of nitrogens with one attached hydrogen (secondary N) is 2. The molecule has 0 aliphatic heterocycles. The third-order valence-corrected chi connectivity index (χ3v) is 0.876. The fourth-order valence-electron chi connectivity index (χ4n) is 0.385. The monoisotopic (exact) mass is 116 g/mol. The lowest BCUT2D eigenvalue weighted by molar-refractivity contribution is -0.492. The van der Waals surface area contributed by atoms with Gasteiger partial charge in [0.25, 0.3) is 0 Å². The lowest BCUT2D eigenvalue weighted by Gasteiger charge is -1.70. The van der Waals surface area contributed by atoms with Crippen LogP contribution in [0.15, 0.2) is 6.20 Å². The van der Waals surface area contributed by atoms with E-state index in [0.29, 0.717) is 0 Å². The second kappa shape index (κ2) is 1.46. The molecule has 0 bridgehead atoms. The average Bonchev–Trinajstić information content (AvgIpc) is 1.87. The van der Waals surface area contributed by atoms with E-state index >= 15 is 0 Å². The van der Waals surface area contributed by atoms with Crippen LogP contribution in [0, 0.1) is 4.64 Å². The van der Waals surface area contributed by atoms with Gasteiger partial charge in [0, 0.05) is 0 Å². The predicted molar refractivity (Wildman–Crippen MR) is 27.2 cm³/mol. The van der Waals surface area contributed by atoms with Gasteiger partial charge in [0.2, 0.25) is 4.64 Å². The number of hydrogen-bond donors (Lipinski definition) is 1. The van der Waals surface area contributed by atoms with E-state index in [4.69, 9.17) is 12.2 Å². The van der Waals surface area contributed by atoms with Crippen LogP contribution in [0.5, 0.6) is 0 Å². The average molecular weight is 116 g/mol. The van der Waals surface area contributed by atoms with E-state index in [1.54, 1.807) is 11.0 Å². The maximum Gasteiger partial charge on any atom is 0.249 e. The zero-order chi connectivity index (χ0) is 5.28. The van der Waals surface area contributed by atoms with Crippen molar-refractivity contribution < 1.29 is 5.10 Å². The van der Waals surface area contributed by atoms with Gasteiger partial charge in [-0.3, -0.25) is 0 Å². The summed E-state index contributed by atoms with van der Waals surface area (Å²) in [6.07, 6.45) is 1.72. The Labute approximate surface area is 46.0 Å². The first-order chi connectivity index (χ1) is 3.29. The SMILES string of the molecule is Cn1[nH]c(=S)c[nH+]1. The van der Waals surface area contributed by atoms with E-state index in [-0.39, 0.29) is 0 Å². The van der Waals surface area contributed by atoms with Crippen molar-refractivity contribution in [2.24, 2.45) is 7.05 Å². The quantitative estimate of drug-likeness (QED) is 0.472. The number of rotatable bonds is 0. The first-order valence-electron chi connectivity index (χ1n) is 1.93. The molecule has 0 saturated carbocycles. The van der Waals surface area contributed by atoms with Crippen molar-refractivity contribution in [3.63, 3.8) is 0 Å². The Kier molecular flexibility index (Phi) is 0.941. The summed E-state index contributed by atoms with van der Waals surface area (Å²) < 4.78 is 0.725. The molecule has 38 valence electrons. The van der Waals surface area contributed by atoms with Crippen molar-refractivity contribution in [1.29, 1.82) is 0 Å². The zero-order valence-corrected chi connectivity index (χ0v) is 4.75. The Bertz CT molecular complexity index is 198. The molecule has 1 aromatic rings. The van der Waals surface area contributed by atoms with Crippen LogP contribution in [0.2, 0.25) is 0 Å². The summed E-state index contributed by atoms with van der Waals surface area (Å²) in [7, 11) is 1.84. The molecule has 3 nitrogen and oxygen atoms in total. The topological polar surface area (TPSA) is 34.9 Å². The molecule has 1 heterocycles. The molecule has 0 radical (unpaired) electrons. The minimum atomic E-state index is 0.725. The highest BCUT2D eigenvalue weighted by Crippen LogP contribution is 1.69. The number of nitrogens with zero attached hydrogens (tertiary/aromatic N) is 1. The van der Waals surface area contributed by atoms with Crippen molar-refractivity contribution >= 4 is 12.2 Å². The summed E-state index contributed by atoms with van der Waals surface area (Å²) in [5.41, 5.74) is 0. The van der Waals surface area contributed by atoms with Crippen molar-refractivity contribution in [2.75, 3.05) is 0 Å². The van der Waals surface area contributed by atoms with Crippen molar-refractivity contribution in [1.82, 2.24) is 9.90 Å². The molecule has 4 heteroatoms. The van der Waals surface area contributed by atoms with Gasteiger partial charge in [-0.25, -0.2) is 0 Å². The zero-order valence-electron chi connectivity index (χ0n) is 3.93. The van der Waals surface area contributed by atoms with E-state index in [1.165, 1.54) is 0 Å². The Balaban J connectivity index is 3.30. The van der Waals surface area contributed by atoms with Crippen molar-refractivity contribution in [3.05, 3.63) is 10.8 Å². The summed E-state index contributed by atoms with van der Waals surface area (Å²) >= 11 is 4.73. The van der Waals surface area contributed by atoms with E-state index in [1.807, 2.05) is 7.05 Å². The lowest BCUT2D eigenvalue weighted by atomic mass is 11.0. The Hall–Kier alpha value is -0.640. The number of aromatic amines is 2. The summed E-state index contributed by atoms with van der Waals surface area (Å²) in [6, 6.07) is 0. The third kappa shape index (κ3) is 0.866. The fourth-order valence-corrected chi connectivity index (χ4v) is 0.575. The minimum absolute atomic E-state index is 0.725. The summed E-state index contributed by atoms with van der Waals surface area (Å²) in [5, 5.41) is 5.64. The summed E-state index contributed by atoms with van der Waals surface area (Å²) in [5.74, 6) is 0. The predicted octanol–water partition coefficient (Wildman–Crippen LogP) is -0.103. The molecule has 0 spiro atoms. The van der Waals surface area contributed by atoms with Gasteiger partial charge in [-0.15, -0.1) is 0 Å². The highest BCUT2D eigenvalue weighted by atomic mass is 32.1. The highest BCUT2D eigenvalue weighted by Gasteiger charge is 1.84. The molecule has 0 atom stereocenters. The molecule has 0 amide bonds. The first kappa shape index (κ1) is 4.52. The van der Waals surface area contributed by atoms with Gasteiger partial charge in [0.05, 0.1) is 7.05 Å². The largest absolute Gasteiger partial charge is 0.249 e. The molecule has 1 rings (SSSR count). The van der Waals surface area contributed by atoms with E-state index < -0.39 is 0 Å². The van der Waals surface area contributed by atoms with Crippen molar-refractivity contribution in [3.8, 4) is 0 Å². The number of aryl methyl sites for hydroxylation is 1. The van der Waals surface area contributed by atoms with Crippen LogP contribution >= 0.6 is 12.2 Å². The maximum atomic E-state index is 4.73. The summed E-state index contributed by atoms with van der Waals surface area (Å²) in [4.78, 5) is 1.68. The molecule has 0 aliphatic rings. The molecular weight excluding hydrogens is 110 g/mol. The van der Waals surface area contributed by atoms with Crippen LogP contribution < -0.4 is 5.10 Å². The van der Waals surface area contributed by atoms with Gasteiger partial charge in [0.15, 0.2) is 6.20 Å².